The van der Waals surface area contributed by atoms with E-state index in [1.165, 1.54) is 21.9 Å². The summed E-state index contributed by atoms with van der Waals surface area (Å²) >= 11 is 0. The Hall–Kier alpha value is -2.95. The molecule has 1 N–H and O–H groups in total. The quantitative estimate of drug-likeness (QED) is 0.801. The van der Waals surface area contributed by atoms with Gasteiger partial charge in [-0.15, -0.1) is 0 Å². The third kappa shape index (κ3) is 3.05. The van der Waals surface area contributed by atoms with E-state index in [0.717, 1.165) is 19.3 Å². The van der Waals surface area contributed by atoms with Crippen LogP contribution in [0.15, 0.2) is 59.5 Å². The second-order valence-corrected chi connectivity index (χ2v) is 6.38. The number of rotatable bonds is 3. The van der Waals surface area contributed by atoms with Crippen LogP contribution in [-0.2, 0) is 17.8 Å². The second kappa shape index (κ2) is 6.51. The van der Waals surface area contributed by atoms with Gasteiger partial charge in [0.25, 0.3) is 5.56 Å². The van der Waals surface area contributed by atoms with E-state index >= 15 is 0 Å². The first-order valence-corrected chi connectivity index (χ1v) is 8.54. The fraction of sp³-hybridized carbons (Fsp3) is 0.250. The molecule has 0 unspecified atom stereocenters. The highest BCUT2D eigenvalue weighted by atomic mass is 16.2. The summed E-state index contributed by atoms with van der Waals surface area (Å²) in [7, 11) is 0. The molecule has 0 bridgehead atoms. The van der Waals surface area contributed by atoms with Crippen molar-refractivity contribution >= 4 is 16.9 Å². The fourth-order valence-corrected chi connectivity index (χ4v) is 3.57. The third-order valence-corrected chi connectivity index (χ3v) is 4.76. The van der Waals surface area contributed by atoms with Crippen LogP contribution in [0.4, 0.5) is 0 Å². The highest BCUT2D eigenvalue weighted by Crippen LogP contribution is 2.29. The molecule has 1 aromatic heterocycles. The summed E-state index contributed by atoms with van der Waals surface area (Å²) in [5, 5.41) is 3.10. The standard InChI is InChI=1S/C20H19N3O2/c24-19(22-16-10-5-7-14-6-1-2-8-15(14)16)13-23-18-11-4-3-9-17(18)21-12-20(23)25/h1-4,6,8-9,11-12,16H,5,7,10,13H2,(H,22,24)/t16-/m1/s1. The normalized spacial score (nSPS) is 16.4. The van der Waals surface area contributed by atoms with Crippen molar-refractivity contribution < 1.29 is 4.79 Å². The monoisotopic (exact) mass is 333 g/mol. The lowest BCUT2D eigenvalue weighted by Crippen LogP contribution is -2.36. The summed E-state index contributed by atoms with van der Waals surface area (Å²) in [5.41, 5.74) is 3.60. The van der Waals surface area contributed by atoms with Gasteiger partial charge in [0, 0.05) is 0 Å². The summed E-state index contributed by atoms with van der Waals surface area (Å²) in [6.45, 7) is 0.000529. The maximum absolute atomic E-state index is 12.6. The molecular formula is C20H19N3O2. The number of hydrogen-bond donors (Lipinski definition) is 1. The first-order chi connectivity index (χ1) is 12.2. The average molecular weight is 333 g/mol. The lowest BCUT2D eigenvalue weighted by atomic mass is 9.88. The molecule has 0 aliphatic heterocycles. The summed E-state index contributed by atoms with van der Waals surface area (Å²) in [4.78, 5) is 28.9. The zero-order valence-electron chi connectivity index (χ0n) is 13.8. The van der Waals surface area contributed by atoms with Gasteiger partial charge in [0.2, 0.25) is 5.91 Å². The minimum absolute atomic E-state index is 0.000529. The van der Waals surface area contributed by atoms with E-state index in [1.807, 2.05) is 36.4 Å². The molecule has 3 aromatic rings. The number of nitrogens with zero attached hydrogens (tertiary/aromatic N) is 2. The number of amides is 1. The van der Waals surface area contributed by atoms with E-state index < -0.39 is 0 Å². The van der Waals surface area contributed by atoms with Crippen molar-refractivity contribution in [2.45, 2.75) is 31.8 Å². The third-order valence-electron chi connectivity index (χ3n) is 4.76. The van der Waals surface area contributed by atoms with Crippen LogP contribution >= 0.6 is 0 Å². The number of para-hydroxylation sites is 2. The molecule has 5 nitrogen and oxygen atoms in total. The first-order valence-electron chi connectivity index (χ1n) is 8.54. The van der Waals surface area contributed by atoms with Crippen molar-refractivity contribution in [1.82, 2.24) is 14.9 Å². The van der Waals surface area contributed by atoms with Crippen LogP contribution in [0.1, 0.15) is 30.0 Å². The van der Waals surface area contributed by atoms with E-state index in [1.54, 1.807) is 0 Å². The van der Waals surface area contributed by atoms with Crippen LogP contribution in [0, 0.1) is 0 Å². The van der Waals surface area contributed by atoms with Gasteiger partial charge in [-0.1, -0.05) is 36.4 Å². The Morgan fingerprint density at radius 3 is 2.88 bits per heavy atom. The second-order valence-electron chi connectivity index (χ2n) is 6.38. The number of carbonyl (C=O) groups excluding carboxylic acids is 1. The van der Waals surface area contributed by atoms with Gasteiger partial charge < -0.3 is 5.32 Å². The molecular weight excluding hydrogens is 314 g/mol. The molecule has 1 aliphatic carbocycles. The summed E-state index contributed by atoms with van der Waals surface area (Å²) in [6, 6.07) is 15.6. The number of aromatic nitrogens is 2. The average Bonchev–Trinajstić information content (AvgIpc) is 2.64. The Morgan fingerprint density at radius 2 is 1.96 bits per heavy atom. The lowest BCUT2D eigenvalue weighted by molar-refractivity contribution is -0.122. The summed E-state index contributed by atoms with van der Waals surface area (Å²) in [6.07, 6.45) is 4.30. The van der Waals surface area contributed by atoms with E-state index in [2.05, 4.69) is 22.4 Å². The van der Waals surface area contributed by atoms with Gasteiger partial charge in [-0.3, -0.25) is 14.2 Å². The number of fused-ring (bicyclic) bond motifs is 2. The minimum atomic E-state index is -0.266. The molecule has 1 aliphatic rings. The van der Waals surface area contributed by atoms with E-state index in [9.17, 15) is 9.59 Å². The Labute approximate surface area is 145 Å². The van der Waals surface area contributed by atoms with Crippen LogP contribution in [-0.4, -0.2) is 15.5 Å². The van der Waals surface area contributed by atoms with Gasteiger partial charge >= 0.3 is 0 Å². The number of aryl methyl sites for hydroxylation is 1. The molecule has 1 amide bonds. The molecule has 4 rings (SSSR count). The predicted octanol–water partition coefficient (Wildman–Crippen LogP) is 2.59. The molecule has 1 heterocycles. The maximum Gasteiger partial charge on any atom is 0.269 e. The van der Waals surface area contributed by atoms with E-state index in [0.29, 0.717) is 11.0 Å². The summed E-state index contributed by atoms with van der Waals surface area (Å²) in [5.74, 6) is -0.153. The predicted molar refractivity (Wildman–Crippen MR) is 96.3 cm³/mol. The largest absolute Gasteiger partial charge is 0.348 e. The van der Waals surface area contributed by atoms with Crippen molar-refractivity contribution in [2.24, 2.45) is 0 Å². The van der Waals surface area contributed by atoms with Crippen LogP contribution in [0.2, 0.25) is 0 Å². The Kier molecular flexibility index (Phi) is 4.06. The molecule has 5 heteroatoms. The maximum atomic E-state index is 12.6. The number of hydrogen-bond acceptors (Lipinski definition) is 3. The smallest absolute Gasteiger partial charge is 0.269 e. The Morgan fingerprint density at radius 1 is 1.16 bits per heavy atom. The Balaban J connectivity index is 1.58. The van der Waals surface area contributed by atoms with Crippen LogP contribution in [0.25, 0.3) is 11.0 Å². The van der Waals surface area contributed by atoms with Gasteiger partial charge in [0.1, 0.15) is 6.54 Å². The SMILES string of the molecule is O=C(Cn1c(=O)cnc2ccccc21)N[C@@H]1CCCc2ccccc21. The topological polar surface area (TPSA) is 64.0 Å². The molecule has 0 spiro atoms. The Bertz CT molecular complexity index is 993. The van der Waals surface area contributed by atoms with Gasteiger partial charge in [0.15, 0.2) is 0 Å². The molecule has 126 valence electrons. The lowest BCUT2D eigenvalue weighted by Gasteiger charge is -2.26. The van der Waals surface area contributed by atoms with Crippen LogP contribution in [0.3, 0.4) is 0 Å². The minimum Gasteiger partial charge on any atom is -0.348 e. The first kappa shape index (κ1) is 15.6. The van der Waals surface area contributed by atoms with E-state index in [4.69, 9.17) is 0 Å². The molecule has 0 saturated heterocycles. The zero-order chi connectivity index (χ0) is 17.2. The number of benzene rings is 2. The van der Waals surface area contributed by atoms with Gasteiger partial charge in [-0.05, 0) is 42.5 Å². The van der Waals surface area contributed by atoms with Gasteiger partial charge in [0.05, 0.1) is 23.3 Å². The number of carbonyl (C=O) groups is 1. The van der Waals surface area contributed by atoms with Gasteiger partial charge in [-0.2, -0.15) is 0 Å². The fourth-order valence-electron chi connectivity index (χ4n) is 3.57. The molecule has 1 atom stereocenters. The zero-order valence-corrected chi connectivity index (χ0v) is 13.8. The van der Waals surface area contributed by atoms with Crippen molar-refractivity contribution in [3.8, 4) is 0 Å². The molecule has 0 radical (unpaired) electrons. The van der Waals surface area contributed by atoms with Crippen molar-refractivity contribution in [3.05, 3.63) is 76.2 Å². The molecule has 2 aromatic carbocycles. The van der Waals surface area contributed by atoms with Crippen LogP contribution < -0.4 is 10.9 Å². The highest BCUT2D eigenvalue weighted by Gasteiger charge is 2.21. The van der Waals surface area contributed by atoms with E-state index in [-0.39, 0.29) is 24.1 Å². The highest BCUT2D eigenvalue weighted by molar-refractivity contribution is 5.80. The van der Waals surface area contributed by atoms with Crippen LogP contribution in [0.5, 0.6) is 0 Å². The van der Waals surface area contributed by atoms with Gasteiger partial charge in [-0.25, -0.2) is 4.98 Å². The summed E-state index contributed by atoms with van der Waals surface area (Å²) < 4.78 is 1.48. The number of nitrogens with one attached hydrogen (secondary N) is 1. The van der Waals surface area contributed by atoms with Crippen molar-refractivity contribution in [2.75, 3.05) is 0 Å². The molecule has 0 saturated carbocycles. The van der Waals surface area contributed by atoms with Crippen molar-refractivity contribution in [3.63, 3.8) is 0 Å². The molecule has 0 fully saturated rings. The molecule has 25 heavy (non-hydrogen) atoms. The van der Waals surface area contributed by atoms with Crippen molar-refractivity contribution in [1.29, 1.82) is 0 Å².